The largest absolute Gasteiger partial charge is 0.493 e. The van der Waals surface area contributed by atoms with Gasteiger partial charge in [-0.15, -0.1) is 0 Å². The van der Waals surface area contributed by atoms with E-state index in [1.807, 2.05) is 13.0 Å². The zero-order valence-corrected chi connectivity index (χ0v) is 12.0. The summed E-state index contributed by atoms with van der Waals surface area (Å²) in [5.74, 6) is 0.472. The van der Waals surface area contributed by atoms with E-state index in [-0.39, 0.29) is 0 Å². The van der Waals surface area contributed by atoms with Crippen molar-refractivity contribution in [3.8, 4) is 11.5 Å². The first-order chi connectivity index (χ1) is 8.53. The van der Waals surface area contributed by atoms with Gasteiger partial charge in [-0.25, -0.2) is 0 Å². The van der Waals surface area contributed by atoms with Crippen molar-refractivity contribution in [2.45, 2.75) is 26.0 Å². The third-order valence-corrected chi connectivity index (χ3v) is 3.06. The summed E-state index contributed by atoms with van der Waals surface area (Å²) in [6.07, 6.45) is -0.192. The number of hydrogen-bond acceptors (Lipinski definition) is 4. The van der Waals surface area contributed by atoms with Gasteiger partial charge in [0.25, 0.3) is 5.91 Å². The van der Waals surface area contributed by atoms with Crippen molar-refractivity contribution in [1.82, 2.24) is 0 Å². The molecule has 5 nitrogen and oxygen atoms in total. The van der Waals surface area contributed by atoms with Crippen LogP contribution in [-0.2, 0) is 11.3 Å². The summed E-state index contributed by atoms with van der Waals surface area (Å²) in [7, 11) is 1.53. The fourth-order valence-electron chi connectivity index (χ4n) is 1.49. The molecular weight excluding hydrogens is 300 g/mol. The molecule has 0 spiro atoms. The molecule has 100 valence electrons. The Morgan fingerprint density at radius 1 is 1.50 bits per heavy atom. The first-order valence-corrected chi connectivity index (χ1v) is 6.35. The molecule has 0 radical (unpaired) electrons. The van der Waals surface area contributed by atoms with E-state index in [2.05, 4.69) is 15.9 Å². The van der Waals surface area contributed by atoms with Gasteiger partial charge < -0.3 is 20.9 Å². The number of nitrogens with two attached hydrogens (primary N) is 2. The number of primary amides is 1. The van der Waals surface area contributed by atoms with Crippen LogP contribution in [0, 0.1) is 0 Å². The fraction of sp³-hybridized carbons (Fsp3) is 0.417. The number of halogens is 1. The van der Waals surface area contributed by atoms with Crippen LogP contribution in [0.25, 0.3) is 0 Å². The number of carbonyl (C=O) groups is 1. The lowest BCUT2D eigenvalue weighted by Crippen LogP contribution is -2.33. The Morgan fingerprint density at radius 2 is 2.17 bits per heavy atom. The van der Waals surface area contributed by atoms with Crippen LogP contribution in [0.1, 0.15) is 18.9 Å². The monoisotopic (exact) mass is 316 g/mol. The molecule has 1 atom stereocenters. The molecule has 0 saturated heterocycles. The Kier molecular flexibility index (Phi) is 5.43. The van der Waals surface area contributed by atoms with Crippen LogP contribution in [0.2, 0.25) is 0 Å². The van der Waals surface area contributed by atoms with Crippen LogP contribution in [0.5, 0.6) is 11.5 Å². The molecule has 1 unspecified atom stereocenters. The molecule has 0 saturated carbocycles. The van der Waals surface area contributed by atoms with Crippen molar-refractivity contribution in [3.05, 3.63) is 22.2 Å². The fourth-order valence-corrected chi connectivity index (χ4v) is 2.07. The standard InChI is InChI=1S/C12H17BrN2O3/c1-3-9(12(15)16)18-11-8(13)4-7(6-14)5-10(11)17-2/h4-5,9H,3,6,14H2,1-2H3,(H2,15,16). The Balaban J connectivity index is 3.11. The van der Waals surface area contributed by atoms with Gasteiger partial charge in [0.05, 0.1) is 11.6 Å². The molecule has 0 bridgehead atoms. The predicted molar refractivity (Wildman–Crippen MR) is 72.5 cm³/mol. The number of benzene rings is 1. The molecule has 18 heavy (non-hydrogen) atoms. The minimum Gasteiger partial charge on any atom is -0.493 e. The van der Waals surface area contributed by atoms with E-state index in [0.717, 1.165) is 5.56 Å². The number of methoxy groups -OCH3 is 1. The first kappa shape index (κ1) is 14.8. The van der Waals surface area contributed by atoms with E-state index in [1.165, 1.54) is 7.11 Å². The van der Waals surface area contributed by atoms with Crippen LogP contribution >= 0.6 is 15.9 Å². The third-order valence-electron chi connectivity index (χ3n) is 2.47. The van der Waals surface area contributed by atoms with Crippen molar-refractivity contribution in [3.63, 3.8) is 0 Å². The minimum absolute atomic E-state index is 0.391. The predicted octanol–water partition coefficient (Wildman–Crippen LogP) is 1.56. The highest BCUT2D eigenvalue weighted by Crippen LogP contribution is 2.37. The number of ether oxygens (including phenoxy) is 2. The molecule has 6 heteroatoms. The maximum absolute atomic E-state index is 11.2. The van der Waals surface area contributed by atoms with Gasteiger partial charge in [-0.05, 0) is 40.0 Å². The lowest BCUT2D eigenvalue weighted by molar-refractivity contribution is -0.124. The molecule has 1 amide bonds. The number of carbonyl (C=O) groups excluding carboxylic acids is 1. The van der Waals surface area contributed by atoms with E-state index >= 15 is 0 Å². The van der Waals surface area contributed by atoms with Gasteiger partial charge in [0.1, 0.15) is 0 Å². The minimum atomic E-state index is -0.682. The smallest absolute Gasteiger partial charge is 0.258 e. The van der Waals surface area contributed by atoms with Gasteiger partial charge in [0.2, 0.25) is 0 Å². The summed E-state index contributed by atoms with van der Waals surface area (Å²) in [6, 6.07) is 3.60. The highest BCUT2D eigenvalue weighted by Gasteiger charge is 2.19. The lowest BCUT2D eigenvalue weighted by Gasteiger charge is -2.18. The second kappa shape index (κ2) is 6.61. The molecule has 0 aliphatic heterocycles. The lowest BCUT2D eigenvalue weighted by atomic mass is 10.2. The Morgan fingerprint density at radius 3 is 2.61 bits per heavy atom. The second-order valence-electron chi connectivity index (χ2n) is 3.73. The van der Waals surface area contributed by atoms with Crippen LogP contribution < -0.4 is 20.9 Å². The van der Waals surface area contributed by atoms with E-state index < -0.39 is 12.0 Å². The Labute approximate surface area is 115 Å². The molecular formula is C12H17BrN2O3. The number of hydrogen-bond donors (Lipinski definition) is 2. The topological polar surface area (TPSA) is 87.6 Å². The summed E-state index contributed by atoms with van der Waals surface area (Å²) < 4.78 is 11.5. The highest BCUT2D eigenvalue weighted by atomic mass is 79.9. The summed E-state index contributed by atoms with van der Waals surface area (Å²) in [6.45, 7) is 2.21. The van der Waals surface area contributed by atoms with Crippen molar-refractivity contribution < 1.29 is 14.3 Å². The van der Waals surface area contributed by atoms with Crippen LogP contribution in [0.15, 0.2) is 16.6 Å². The molecule has 0 heterocycles. The van der Waals surface area contributed by atoms with Gasteiger partial charge >= 0.3 is 0 Å². The molecule has 1 aromatic carbocycles. The van der Waals surface area contributed by atoms with E-state index in [1.54, 1.807) is 6.07 Å². The summed E-state index contributed by atoms with van der Waals surface area (Å²) in [5, 5.41) is 0. The Bertz CT molecular complexity index is 438. The van der Waals surface area contributed by atoms with Gasteiger partial charge in [-0.1, -0.05) is 6.92 Å². The van der Waals surface area contributed by atoms with Crippen molar-refractivity contribution in [1.29, 1.82) is 0 Å². The molecule has 0 fully saturated rings. The summed E-state index contributed by atoms with van der Waals surface area (Å²) >= 11 is 3.37. The number of rotatable bonds is 6. The zero-order chi connectivity index (χ0) is 13.7. The molecule has 0 aliphatic carbocycles. The van der Waals surface area contributed by atoms with Gasteiger partial charge in [0.15, 0.2) is 17.6 Å². The van der Waals surface area contributed by atoms with Crippen molar-refractivity contribution in [2.24, 2.45) is 11.5 Å². The first-order valence-electron chi connectivity index (χ1n) is 5.55. The second-order valence-corrected chi connectivity index (χ2v) is 4.58. The van der Waals surface area contributed by atoms with E-state index in [9.17, 15) is 4.79 Å². The van der Waals surface area contributed by atoms with Crippen LogP contribution in [0.4, 0.5) is 0 Å². The van der Waals surface area contributed by atoms with Crippen LogP contribution in [0.3, 0.4) is 0 Å². The molecule has 1 aromatic rings. The van der Waals surface area contributed by atoms with Gasteiger partial charge in [-0.2, -0.15) is 0 Å². The van der Waals surface area contributed by atoms with Crippen molar-refractivity contribution >= 4 is 21.8 Å². The zero-order valence-electron chi connectivity index (χ0n) is 10.4. The maximum Gasteiger partial charge on any atom is 0.258 e. The average Bonchev–Trinajstić information content (AvgIpc) is 2.35. The summed E-state index contributed by atoms with van der Waals surface area (Å²) in [5.41, 5.74) is 11.7. The molecule has 1 rings (SSSR count). The molecule has 0 aromatic heterocycles. The molecule has 4 N–H and O–H groups in total. The molecule has 0 aliphatic rings. The highest BCUT2D eigenvalue weighted by molar-refractivity contribution is 9.10. The quantitative estimate of drug-likeness (QED) is 0.833. The van der Waals surface area contributed by atoms with E-state index in [4.69, 9.17) is 20.9 Å². The summed E-state index contributed by atoms with van der Waals surface area (Å²) in [4.78, 5) is 11.2. The normalized spacial score (nSPS) is 12.0. The maximum atomic E-state index is 11.2. The van der Waals surface area contributed by atoms with Gasteiger partial charge in [0, 0.05) is 6.54 Å². The third kappa shape index (κ3) is 3.36. The van der Waals surface area contributed by atoms with Crippen LogP contribution in [-0.4, -0.2) is 19.1 Å². The van der Waals surface area contributed by atoms with Gasteiger partial charge in [-0.3, -0.25) is 4.79 Å². The average molecular weight is 317 g/mol. The Hall–Kier alpha value is -1.27. The SMILES string of the molecule is CCC(Oc1c(Br)cc(CN)cc1OC)C(N)=O. The number of amides is 1. The van der Waals surface area contributed by atoms with Crippen molar-refractivity contribution in [2.75, 3.05) is 7.11 Å². The van der Waals surface area contributed by atoms with E-state index in [0.29, 0.717) is 28.9 Å².